The van der Waals surface area contributed by atoms with Crippen LogP contribution in [0.2, 0.25) is 0 Å². The van der Waals surface area contributed by atoms with E-state index in [0.29, 0.717) is 6.04 Å². The Bertz CT molecular complexity index is 223. The van der Waals surface area contributed by atoms with Gasteiger partial charge in [-0.1, -0.05) is 48.5 Å². The molecule has 0 spiro atoms. The molecule has 1 aliphatic rings. The first-order chi connectivity index (χ1) is 8.82. The molecule has 0 aromatic heterocycles. The van der Waals surface area contributed by atoms with Crippen LogP contribution < -0.4 is 0 Å². The number of amides is 1. The van der Waals surface area contributed by atoms with Gasteiger partial charge in [-0.3, -0.25) is 9.69 Å². The highest BCUT2D eigenvalue weighted by Gasteiger charge is 2.29. The highest BCUT2D eigenvalue weighted by atomic mass is 16.2. The molecule has 1 rings (SSSR count). The van der Waals surface area contributed by atoms with Gasteiger partial charge in [0.25, 0.3) is 0 Å². The molecule has 0 bridgehead atoms. The molecule has 1 heterocycles. The van der Waals surface area contributed by atoms with Crippen LogP contribution in [0.4, 0.5) is 0 Å². The number of nitrogens with zero attached hydrogens (tertiary/aromatic N) is 2. The van der Waals surface area contributed by atoms with Crippen molar-refractivity contribution in [2.45, 2.75) is 68.4 Å². The van der Waals surface area contributed by atoms with Gasteiger partial charge in [-0.25, -0.2) is 0 Å². The summed E-state index contributed by atoms with van der Waals surface area (Å²) < 4.78 is 0. The summed E-state index contributed by atoms with van der Waals surface area (Å²) in [5, 5.41) is 0. The highest BCUT2D eigenvalue weighted by Crippen LogP contribution is 2.18. The fourth-order valence-electron chi connectivity index (χ4n) is 1.92. The van der Waals surface area contributed by atoms with Gasteiger partial charge in [0.2, 0.25) is 5.91 Å². The third-order valence-corrected chi connectivity index (χ3v) is 2.97. The highest BCUT2D eigenvalue weighted by molar-refractivity contribution is 5.81. The molecule has 0 aromatic rings. The van der Waals surface area contributed by atoms with Crippen molar-refractivity contribution in [1.29, 1.82) is 0 Å². The van der Waals surface area contributed by atoms with Crippen LogP contribution in [0.15, 0.2) is 0 Å². The zero-order chi connectivity index (χ0) is 15.6. The van der Waals surface area contributed by atoms with Gasteiger partial charge in [0.1, 0.15) is 0 Å². The Morgan fingerprint density at radius 2 is 1.26 bits per heavy atom. The molecule has 0 N–H and O–H groups in total. The van der Waals surface area contributed by atoms with Crippen LogP contribution in [0.1, 0.15) is 62.3 Å². The molecule has 0 aromatic carbocycles. The van der Waals surface area contributed by atoms with Crippen LogP contribution in [-0.4, -0.2) is 47.9 Å². The Morgan fingerprint density at radius 3 is 1.53 bits per heavy atom. The zero-order valence-electron chi connectivity index (χ0n) is 14.7. The standard InChI is InChI=1S/C12H24N2O.2C2H6/c1-10(2)13-6-8-14(9-7-13)11(15)12(3,4)5;2*1-2/h10H,6-9H2,1-5H3;2*1-2H3. The van der Waals surface area contributed by atoms with Gasteiger partial charge in [0.05, 0.1) is 0 Å². The number of carbonyl (C=O) groups is 1. The van der Waals surface area contributed by atoms with Crippen molar-refractivity contribution < 1.29 is 4.79 Å². The average Bonchev–Trinajstić information content (AvgIpc) is 2.41. The van der Waals surface area contributed by atoms with Crippen LogP contribution in [-0.2, 0) is 4.79 Å². The van der Waals surface area contributed by atoms with E-state index in [-0.39, 0.29) is 11.3 Å². The van der Waals surface area contributed by atoms with E-state index in [1.165, 1.54) is 0 Å². The van der Waals surface area contributed by atoms with Gasteiger partial charge >= 0.3 is 0 Å². The summed E-state index contributed by atoms with van der Waals surface area (Å²) in [6.45, 7) is 22.2. The van der Waals surface area contributed by atoms with Crippen molar-refractivity contribution in [2.75, 3.05) is 26.2 Å². The van der Waals surface area contributed by atoms with Crippen molar-refractivity contribution >= 4 is 5.91 Å². The maximum Gasteiger partial charge on any atom is 0.228 e. The number of hydrogen-bond acceptors (Lipinski definition) is 2. The number of hydrogen-bond donors (Lipinski definition) is 0. The molecular formula is C16H36N2O. The Balaban J connectivity index is 0. The molecule has 1 saturated heterocycles. The van der Waals surface area contributed by atoms with Gasteiger partial charge in [-0.2, -0.15) is 0 Å². The Labute approximate surface area is 121 Å². The van der Waals surface area contributed by atoms with Crippen LogP contribution in [0.5, 0.6) is 0 Å². The SMILES string of the molecule is CC.CC.CC(C)N1CCN(C(=O)C(C)(C)C)CC1. The van der Waals surface area contributed by atoms with E-state index >= 15 is 0 Å². The topological polar surface area (TPSA) is 23.6 Å². The smallest absolute Gasteiger partial charge is 0.228 e. The van der Waals surface area contributed by atoms with E-state index in [2.05, 4.69) is 18.7 Å². The molecular weight excluding hydrogens is 236 g/mol. The van der Waals surface area contributed by atoms with Crippen molar-refractivity contribution in [1.82, 2.24) is 9.80 Å². The second kappa shape index (κ2) is 10.2. The van der Waals surface area contributed by atoms with E-state index < -0.39 is 0 Å². The monoisotopic (exact) mass is 272 g/mol. The Hall–Kier alpha value is -0.570. The summed E-state index contributed by atoms with van der Waals surface area (Å²) in [7, 11) is 0. The lowest BCUT2D eigenvalue weighted by atomic mass is 9.94. The first-order valence-electron chi connectivity index (χ1n) is 7.86. The van der Waals surface area contributed by atoms with Crippen molar-refractivity contribution in [3.8, 4) is 0 Å². The quantitative estimate of drug-likeness (QED) is 0.727. The van der Waals surface area contributed by atoms with Crippen molar-refractivity contribution in [2.24, 2.45) is 5.41 Å². The van der Waals surface area contributed by atoms with Gasteiger partial charge in [0.15, 0.2) is 0 Å². The van der Waals surface area contributed by atoms with Gasteiger partial charge in [0, 0.05) is 37.6 Å². The van der Waals surface area contributed by atoms with E-state index in [1.807, 2.05) is 53.4 Å². The maximum atomic E-state index is 12.0. The summed E-state index contributed by atoms with van der Waals surface area (Å²) in [6.07, 6.45) is 0. The summed E-state index contributed by atoms with van der Waals surface area (Å²) in [6, 6.07) is 0.594. The fourth-order valence-corrected chi connectivity index (χ4v) is 1.92. The second-order valence-corrected chi connectivity index (χ2v) is 5.67. The molecule has 0 radical (unpaired) electrons. The molecule has 1 fully saturated rings. The van der Waals surface area contributed by atoms with Crippen LogP contribution >= 0.6 is 0 Å². The van der Waals surface area contributed by atoms with Crippen LogP contribution in [0, 0.1) is 5.41 Å². The fraction of sp³-hybridized carbons (Fsp3) is 0.938. The summed E-state index contributed by atoms with van der Waals surface area (Å²) >= 11 is 0. The number of rotatable bonds is 1. The first kappa shape index (κ1) is 20.7. The zero-order valence-corrected chi connectivity index (χ0v) is 14.7. The van der Waals surface area contributed by atoms with Gasteiger partial charge < -0.3 is 4.90 Å². The van der Waals surface area contributed by atoms with Crippen LogP contribution in [0.3, 0.4) is 0 Å². The molecule has 19 heavy (non-hydrogen) atoms. The molecule has 0 atom stereocenters. The summed E-state index contributed by atoms with van der Waals surface area (Å²) in [5.74, 6) is 0.283. The average molecular weight is 272 g/mol. The lowest BCUT2D eigenvalue weighted by Crippen LogP contribution is -2.53. The minimum Gasteiger partial charge on any atom is -0.340 e. The minimum atomic E-state index is -0.236. The van der Waals surface area contributed by atoms with Crippen molar-refractivity contribution in [3.63, 3.8) is 0 Å². The number of piperazine rings is 1. The Morgan fingerprint density at radius 1 is 0.895 bits per heavy atom. The molecule has 1 aliphatic heterocycles. The molecule has 0 saturated carbocycles. The minimum absolute atomic E-state index is 0.236. The second-order valence-electron chi connectivity index (χ2n) is 5.67. The molecule has 0 unspecified atom stereocenters. The van der Waals surface area contributed by atoms with E-state index in [1.54, 1.807) is 0 Å². The lowest BCUT2D eigenvalue weighted by Gasteiger charge is -2.39. The van der Waals surface area contributed by atoms with Crippen molar-refractivity contribution in [3.05, 3.63) is 0 Å². The van der Waals surface area contributed by atoms with E-state index in [4.69, 9.17) is 0 Å². The van der Waals surface area contributed by atoms with Gasteiger partial charge in [-0.05, 0) is 13.8 Å². The molecule has 3 nitrogen and oxygen atoms in total. The molecule has 116 valence electrons. The van der Waals surface area contributed by atoms with Gasteiger partial charge in [-0.15, -0.1) is 0 Å². The largest absolute Gasteiger partial charge is 0.340 e. The first-order valence-corrected chi connectivity index (χ1v) is 7.86. The summed E-state index contributed by atoms with van der Waals surface area (Å²) in [5.41, 5.74) is -0.236. The predicted octanol–water partition coefficient (Wildman–Crippen LogP) is 3.64. The van der Waals surface area contributed by atoms with E-state index in [0.717, 1.165) is 26.2 Å². The third-order valence-electron chi connectivity index (χ3n) is 2.97. The van der Waals surface area contributed by atoms with E-state index in [9.17, 15) is 4.79 Å². The molecule has 1 amide bonds. The summed E-state index contributed by atoms with van der Waals surface area (Å²) in [4.78, 5) is 16.4. The third kappa shape index (κ3) is 7.56. The predicted molar refractivity (Wildman–Crippen MR) is 85.4 cm³/mol. The normalized spacial score (nSPS) is 16.2. The molecule has 0 aliphatic carbocycles. The molecule has 3 heteroatoms. The van der Waals surface area contributed by atoms with Crippen LogP contribution in [0.25, 0.3) is 0 Å². The maximum absolute atomic E-state index is 12.0. The number of carbonyl (C=O) groups excluding carboxylic acids is 1. The lowest BCUT2D eigenvalue weighted by molar-refractivity contribution is -0.141. The Kier molecular flexibility index (Phi) is 11.2.